The normalized spacial score (nSPS) is 13.6. The third-order valence-corrected chi connectivity index (χ3v) is 3.23. The van der Waals surface area contributed by atoms with Crippen LogP contribution in [0.3, 0.4) is 0 Å². The fourth-order valence-electron chi connectivity index (χ4n) is 1.90. The van der Waals surface area contributed by atoms with E-state index in [1.807, 2.05) is 0 Å². The lowest BCUT2D eigenvalue weighted by molar-refractivity contribution is -0.359. The van der Waals surface area contributed by atoms with Gasteiger partial charge in [0.2, 0.25) is 0 Å². The van der Waals surface area contributed by atoms with Gasteiger partial charge in [-0.25, -0.2) is 0 Å². The maximum Gasteiger partial charge on any atom is 0.460 e. The zero-order valence-corrected chi connectivity index (χ0v) is 11.3. The number of rotatable bonds is 4. The first-order chi connectivity index (χ1) is 9.40. The number of halogens is 7. The van der Waals surface area contributed by atoms with Crippen molar-refractivity contribution < 1.29 is 30.7 Å². The van der Waals surface area contributed by atoms with Crippen molar-refractivity contribution in [3.63, 3.8) is 0 Å². The Balaban J connectivity index is 3.52. The second-order valence-electron chi connectivity index (χ2n) is 4.56. The van der Waals surface area contributed by atoms with Crippen LogP contribution in [0.25, 0.3) is 0 Å². The summed E-state index contributed by atoms with van der Waals surface area (Å²) in [5, 5.41) is 0. The summed E-state index contributed by atoms with van der Waals surface area (Å²) in [7, 11) is 0. The fourth-order valence-corrected chi connectivity index (χ4v) is 1.90. The quantitative estimate of drug-likeness (QED) is 0.633. The summed E-state index contributed by atoms with van der Waals surface area (Å²) in [4.78, 5) is 0. The van der Waals surface area contributed by atoms with Crippen LogP contribution in [0.5, 0.6) is 0 Å². The molecular formula is C13H14F7N. The fraction of sp³-hybridized carbons (Fsp3) is 0.538. The first-order valence-corrected chi connectivity index (χ1v) is 6.14. The zero-order chi connectivity index (χ0) is 16.6. The van der Waals surface area contributed by atoms with Gasteiger partial charge >= 0.3 is 18.0 Å². The van der Waals surface area contributed by atoms with Crippen LogP contribution < -0.4 is 5.73 Å². The second kappa shape index (κ2) is 5.38. The SMILES string of the molecule is CCc1cc(C(F)(F)C(F)(F)C(F)(F)F)cc(CC)c1N. The average Bonchev–Trinajstić information content (AvgIpc) is 2.37. The lowest BCUT2D eigenvalue weighted by atomic mass is 9.93. The van der Waals surface area contributed by atoms with E-state index < -0.39 is 23.6 Å². The Kier molecular flexibility index (Phi) is 4.51. The highest BCUT2D eigenvalue weighted by atomic mass is 19.4. The van der Waals surface area contributed by atoms with Crippen LogP contribution in [0.15, 0.2) is 12.1 Å². The van der Waals surface area contributed by atoms with E-state index in [4.69, 9.17) is 5.73 Å². The highest BCUT2D eigenvalue weighted by Crippen LogP contribution is 2.52. The highest BCUT2D eigenvalue weighted by molar-refractivity contribution is 5.56. The monoisotopic (exact) mass is 317 g/mol. The molecule has 0 spiro atoms. The molecule has 0 heterocycles. The van der Waals surface area contributed by atoms with Crippen LogP contribution in [0, 0.1) is 0 Å². The standard InChI is InChI=1S/C13H14F7N/c1-3-7-5-9(6-8(4-2)10(7)21)11(14,15)12(16,17)13(18,19)20/h5-6H,3-4,21H2,1-2H3. The van der Waals surface area contributed by atoms with E-state index in [-0.39, 0.29) is 29.7 Å². The van der Waals surface area contributed by atoms with Crippen LogP contribution in [0.1, 0.15) is 30.5 Å². The average molecular weight is 317 g/mol. The van der Waals surface area contributed by atoms with Crippen molar-refractivity contribution >= 4 is 5.69 Å². The minimum absolute atomic E-state index is 0.113. The number of aryl methyl sites for hydroxylation is 2. The molecule has 1 rings (SSSR count). The smallest absolute Gasteiger partial charge is 0.398 e. The largest absolute Gasteiger partial charge is 0.460 e. The van der Waals surface area contributed by atoms with E-state index in [1.54, 1.807) is 0 Å². The molecule has 8 heteroatoms. The second-order valence-corrected chi connectivity index (χ2v) is 4.56. The van der Waals surface area contributed by atoms with Crippen molar-refractivity contribution in [3.05, 3.63) is 28.8 Å². The maximum atomic E-state index is 13.7. The minimum atomic E-state index is -6.35. The van der Waals surface area contributed by atoms with Gasteiger partial charge in [-0.1, -0.05) is 13.8 Å². The number of nitrogen functional groups attached to an aromatic ring is 1. The number of alkyl halides is 7. The summed E-state index contributed by atoms with van der Waals surface area (Å²) in [6.07, 6.45) is -6.07. The van der Waals surface area contributed by atoms with Gasteiger partial charge in [0.25, 0.3) is 0 Å². The molecule has 0 atom stereocenters. The van der Waals surface area contributed by atoms with Crippen molar-refractivity contribution in [2.45, 2.75) is 44.7 Å². The molecule has 21 heavy (non-hydrogen) atoms. The predicted molar refractivity (Wildman–Crippen MR) is 64.5 cm³/mol. The highest BCUT2D eigenvalue weighted by Gasteiger charge is 2.73. The molecule has 0 amide bonds. The van der Waals surface area contributed by atoms with Crippen LogP contribution >= 0.6 is 0 Å². The van der Waals surface area contributed by atoms with Gasteiger partial charge in [0, 0.05) is 11.3 Å². The molecule has 0 fully saturated rings. The Morgan fingerprint density at radius 3 is 1.52 bits per heavy atom. The minimum Gasteiger partial charge on any atom is -0.398 e. The molecule has 1 aromatic carbocycles. The van der Waals surface area contributed by atoms with Gasteiger partial charge in [-0.15, -0.1) is 0 Å². The Bertz CT molecular complexity index is 495. The van der Waals surface area contributed by atoms with Gasteiger partial charge in [0.1, 0.15) is 0 Å². The molecule has 0 aliphatic rings. The van der Waals surface area contributed by atoms with Gasteiger partial charge in [-0.2, -0.15) is 30.7 Å². The molecular weight excluding hydrogens is 303 g/mol. The van der Waals surface area contributed by atoms with E-state index in [9.17, 15) is 30.7 Å². The summed E-state index contributed by atoms with van der Waals surface area (Å²) >= 11 is 0. The van der Waals surface area contributed by atoms with Crippen molar-refractivity contribution in [3.8, 4) is 0 Å². The third kappa shape index (κ3) is 2.80. The van der Waals surface area contributed by atoms with Gasteiger partial charge < -0.3 is 5.73 Å². The summed E-state index contributed by atoms with van der Waals surface area (Å²) in [5.41, 5.74) is 4.64. The van der Waals surface area contributed by atoms with E-state index in [0.717, 1.165) is 0 Å². The molecule has 120 valence electrons. The predicted octanol–water partition coefficient (Wildman–Crippen LogP) is 4.68. The Hall–Kier alpha value is -1.47. The Morgan fingerprint density at radius 2 is 1.24 bits per heavy atom. The molecule has 0 aliphatic heterocycles. The molecule has 0 unspecified atom stereocenters. The number of benzene rings is 1. The molecule has 0 saturated carbocycles. The number of nitrogens with two attached hydrogens (primary N) is 1. The topological polar surface area (TPSA) is 26.0 Å². The molecule has 2 N–H and O–H groups in total. The summed E-state index contributed by atoms with van der Waals surface area (Å²) in [5.74, 6) is -11.5. The van der Waals surface area contributed by atoms with Gasteiger partial charge in [-0.3, -0.25) is 0 Å². The van der Waals surface area contributed by atoms with Crippen molar-refractivity contribution in [1.82, 2.24) is 0 Å². The number of hydrogen-bond acceptors (Lipinski definition) is 1. The summed E-state index contributed by atoms with van der Waals surface area (Å²) in [6.45, 7) is 3.07. The van der Waals surface area contributed by atoms with Crippen molar-refractivity contribution in [2.75, 3.05) is 5.73 Å². The van der Waals surface area contributed by atoms with Gasteiger partial charge in [0.05, 0.1) is 0 Å². The first-order valence-electron chi connectivity index (χ1n) is 6.14. The number of hydrogen-bond donors (Lipinski definition) is 1. The maximum absolute atomic E-state index is 13.7. The molecule has 0 aromatic heterocycles. The first kappa shape index (κ1) is 17.6. The molecule has 1 aromatic rings. The summed E-state index contributed by atoms with van der Waals surface area (Å²) in [6, 6.07) is 1.21. The van der Waals surface area contributed by atoms with E-state index in [0.29, 0.717) is 12.1 Å². The summed E-state index contributed by atoms with van der Waals surface area (Å²) < 4.78 is 90.1. The van der Waals surface area contributed by atoms with Crippen molar-refractivity contribution in [2.24, 2.45) is 0 Å². The van der Waals surface area contributed by atoms with E-state index >= 15 is 0 Å². The van der Waals surface area contributed by atoms with Crippen LogP contribution in [0.4, 0.5) is 36.4 Å². The molecule has 0 bridgehead atoms. The van der Waals surface area contributed by atoms with E-state index in [2.05, 4.69) is 0 Å². The Labute approximate surface area is 116 Å². The van der Waals surface area contributed by atoms with Crippen LogP contribution in [-0.2, 0) is 18.8 Å². The van der Waals surface area contributed by atoms with Crippen LogP contribution in [0.2, 0.25) is 0 Å². The molecule has 0 radical (unpaired) electrons. The molecule has 1 nitrogen and oxygen atoms in total. The third-order valence-electron chi connectivity index (χ3n) is 3.23. The zero-order valence-electron chi connectivity index (χ0n) is 11.3. The van der Waals surface area contributed by atoms with E-state index in [1.165, 1.54) is 13.8 Å². The lowest BCUT2D eigenvalue weighted by Gasteiger charge is -2.29. The lowest BCUT2D eigenvalue weighted by Crippen LogP contribution is -2.50. The van der Waals surface area contributed by atoms with Gasteiger partial charge in [0.15, 0.2) is 0 Å². The molecule has 0 aliphatic carbocycles. The van der Waals surface area contributed by atoms with Crippen molar-refractivity contribution in [1.29, 1.82) is 0 Å². The number of anilines is 1. The molecule has 0 saturated heterocycles. The Morgan fingerprint density at radius 1 is 0.857 bits per heavy atom. The van der Waals surface area contributed by atoms with Gasteiger partial charge in [-0.05, 0) is 36.1 Å². The van der Waals surface area contributed by atoms with Crippen LogP contribution in [-0.4, -0.2) is 12.1 Å².